The fourth-order valence-electron chi connectivity index (χ4n) is 2.34. The van der Waals surface area contributed by atoms with Gasteiger partial charge in [0.2, 0.25) is 0 Å². The third-order valence-corrected chi connectivity index (χ3v) is 3.42. The highest BCUT2D eigenvalue weighted by Crippen LogP contribution is 2.28. The van der Waals surface area contributed by atoms with E-state index < -0.39 is 12.0 Å². The standard InChI is InChI=1S/C17H23NO3/c1-6-9-15(19)18(13(4)17(20)21-5)16-12(3)10-8-11-14(16)7-2/h6,8-11,13H,7H2,1-5H3. The lowest BCUT2D eigenvalue weighted by Crippen LogP contribution is -2.44. The number of allylic oxidation sites excluding steroid dienone is 1. The van der Waals surface area contributed by atoms with Gasteiger partial charge in [-0.2, -0.15) is 0 Å². The van der Waals surface area contributed by atoms with Crippen LogP contribution in [-0.4, -0.2) is 25.0 Å². The second-order valence-electron chi connectivity index (χ2n) is 4.84. The molecule has 4 nitrogen and oxygen atoms in total. The third kappa shape index (κ3) is 3.72. The lowest BCUT2D eigenvalue weighted by Gasteiger charge is -2.30. The summed E-state index contributed by atoms with van der Waals surface area (Å²) in [6.07, 6.45) is 3.92. The molecule has 0 aliphatic rings. The number of nitrogens with zero attached hydrogens (tertiary/aromatic N) is 1. The SMILES string of the molecule is CC=CC(=O)N(c1c(C)cccc1CC)C(C)C(=O)OC. The average Bonchev–Trinajstić information content (AvgIpc) is 2.48. The molecule has 0 saturated heterocycles. The zero-order chi connectivity index (χ0) is 16.0. The summed E-state index contributed by atoms with van der Waals surface area (Å²) in [7, 11) is 1.33. The van der Waals surface area contributed by atoms with Gasteiger partial charge >= 0.3 is 5.97 Å². The first-order valence-corrected chi connectivity index (χ1v) is 7.10. The number of esters is 1. The molecule has 0 saturated carbocycles. The summed E-state index contributed by atoms with van der Waals surface area (Å²) in [5.41, 5.74) is 2.78. The smallest absolute Gasteiger partial charge is 0.328 e. The van der Waals surface area contributed by atoms with Crippen LogP contribution >= 0.6 is 0 Å². The topological polar surface area (TPSA) is 46.6 Å². The Morgan fingerprint density at radius 3 is 2.57 bits per heavy atom. The van der Waals surface area contributed by atoms with Gasteiger partial charge in [-0.15, -0.1) is 0 Å². The van der Waals surface area contributed by atoms with Crippen molar-refractivity contribution in [2.24, 2.45) is 0 Å². The molecule has 0 heterocycles. The summed E-state index contributed by atoms with van der Waals surface area (Å²) in [5.74, 6) is -0.655. The van der Waals surface area contributed by atoms with Crippen molar-refractivity contribution in [1.29, 1.82) is 0 Å². The number of methoxy groups -OCH3 is 1. The molecule has 1 amide bonds. The van der Waals surface area contributed by atoms with Crippen molar-refractivity contribution in [3.8, 4) is 0 Å². The molecule has 4 heteroatoms. The van der Waals surface area contributed by atoms with Crippen LogP contribution in [0.4, 0.5) is 5.69 Å². The summed E-state index contributed by atoms with van der Waals surface area (Å²) in [6, 6.07) is 5.19. The van der Waals surface area contributed by atoms with Crippen LogP contribution < -0.4 is 4.90 Å². The van der Waals surface area contributed by atoms with Gasteiger partial charge in [-0.05, 0) is 44.4 Å². The van der Waals surface area contributed by atoms with Gasteiger partial charge in [-0.3, -0.25) is 9.69 Å². The minimum Gasteiger partial charge on any atom is -0.467 e. The zero-order valence-electron chi connectivity index (χ0n) is 13.3. The van der Waals surface area contributed by atoms with Crippen LogP contribution in [0.15, 0.2) is 30.4 Å². The molecule has 114 valence electrons. The molecule has 21 heavy (non-hydrogen) atoms. The Balaban J connectivity index is 3.44. The van der Waals surface area contributed by atoms with Gasteiger partial charge in [0.1, 0.15) is 6.04 Å². The lowest BCUT2D eigenvalue weighted by molar-refractivity contribution is -0.142. The van der Waals surface area contributed by atoms with Gasteiger partial charge in [0.05, 0.1) is 12.8 Å². The Morgan fingerprint density at radius 1 is 1.38 bits per heavy atom. The second-order valence-corrected chi connectivity index (χ2v) is 4.84. The minimum absolute atomic E-state index is 0.223. The molecule has 0 aromatic heterocycles. The number of hydrogen-bond acceptors (Lipinski definition) is 3. The van der Waals surface area contributed by atoms with E-state index >= 15 is 0 Å². The Kier molecular flexibility index (Phi) is 6.15. The van der Waals surface area contributed by atoms with Gasteiger partial charge < -0.3 is 4.74 Å². The number of carbonyl (C=O) groups is 2. The van der Waals surface area contributed by atoms with E-state index in [1.807, 2.05) is 32.0 Å². The summed E-state index contributed by atoms with van der Waals surface area (Å²) in [4.78, 5) is 25.9. The van der Waals surface area contributed by atoms with E-state index in [0.717, 1.165) is 23.2 Å². The minimum atomic E-state index is -0.676. The summed E-state index contributed by atoms with van der Waals surface area (Å²) < 4.78 is 4.80. The highest BCUT2D eigenvalue weighted by Gasteiger charge is 2.29. The normalized spacial score (nSPS) is 12.2. The fraction of sp³-hybridized carbons (Fsp3) is 0.412. The molecule has 0 radical (unpaired) electrons. The Morgan fingerprint density at radius 2 is 2.05 bits per heavy atom. The predicted molar refractivity (Wildman–Crippen MR) is 84.3 cm³/mol. The Labute approximate surface area is 126 Å². The molecule has 1 rings (SSSR count). The van der Waals surface area contributed by atoms with E-state index in [4.69, 9.17) is 4.74 Å². The van der Waals surface area contributed by atoms with Crippen LogP contribution in [0.5, 0.6) is 0 Å². The number of anilines is 1. The summed E-state index contributed by atoms with van der Waals surface area (Å²) in [5, 5.41) is 0. The van der Waals surface area contributed by atoms with Gasteiger partial charge in [0.25, 0.3) is 5.91 Å². The van der Waals surface area contributed by atoms with Crippen molar-refractivity contribution in [3.05, 3.63) is 41.5 Å². The van der Waals surface area contributed by atoms with E-state index in [2.05, 4.69) is 0 Å². The summed E-state index contributed by atoms with van der Waals surface area (Å²) in [6.45, 7) is 7.42. The molecule has 0 aliphatic heterocycles. The van der Waals surface area contributed by atoms with Gasteiger partial charge in [0, 0.05) is 0 Å². The maximum atomic E-state index is 12.5. The van der Waals surface area contributed by atoms with Gasteiger partial charge in [0.15, 0.2) is 0 Å². The van der Waals surface area contributed by atoms with Gasteiger partial charge in [-0.25, -0.2) is 4.79 Å². The number of benzene rings is 1. The van der Waals surface area contributed by atoms with E-state index in [1.54, 1.807) is 19.9 Å². The third-order valence-electron chi connectivity index (χ3n) is 3.42. The number of ether oxygens (including phenoxy) is 1. The quantitative estimate of drug-likeness (QED) is 0.618. The number of hydrogen-bond donors (Lipinski definition) is 0. The first kappa shape index (κ1) is 17.0. The van der Waals surface area contributed by atoms with Crippen LogP contribution in [0.3, 0.4) is 0 Å². The predicted octanol–water partition coefficient (Wildman–Crippen LogP) is 3.03. The van der Waals surface area contributed by atoms with E-state index in [1.165, 1.54) is 18.1 Å². The van der Waals surface area contributed by atoms with Crippen LogP contribution in [0, 0.1) is 6.92 Å². The number of amides is 1. The maximum absolute atomic E-state index is 12.5. The maximum Gasteiger partial charge on any atom is 0.328 e. The number of carbonyl (C=O) groups excluding carboxylic acids is 2. The molecule has 1 aromatic rings. The zero-order valence-corrected chi connectivity index (χ0v) is 13.3. The molecular formula is C17H23NO3. The molecule has 1 aromatic carbocycles. The number of rotatable bonds is 5. The van der Waals surface area contributed by atoms with Crippen molar-refractivity contribution < 1.29 is 14.3 Å². The van der Waals surface area contributed by atoms with Crippen molar-refractivity contribution in [1.82, 2.24) is 0 Å². The fourth-order valence-corrected chi connectivity index (χ4v) is 2.34. The molecule has 0 N–H and O–H groups in total. The van der Waals surface area contributed by atoms with Crippen molar-refractivity contribution >= 4 is 17.6 Å². The van der Waals surface area contributed by atoms with E-state index in [0.29, 0.717) is 0 Å². The van der Waals surface area contributed by atoms with Gasteiger partial charge in [-0.1, -0.05) is 31.2 Å². The second kappa shape index (κ2) is 7.62. The first-order chi connectivity index (χ1) is 9.97. The molecule has 1 atom stereocenters. The Bertz CT molecular complexity index is 549. The Hall–Kier alpha value is -2.10. The summed E-state index contributed by atoms with van der Waals surface area (Å²) >= 11 is 0. The number of aryl methyl sites for hydroxylation is 2. The monoisotopic (exact) mass is 289 g/mol. The molecule has 0 fully saturated rings. The van der Waals surface area contributed by atoms with Crippen LogP contribution in [0.1, 0.15) is 31.9 Å². The highest BCUT2D eigenvalue weighted by atomic mass is 16.5. The average molecular weight is 289 g/mol. The van der Waals surface area contributed by atoms with Crippen LogP contribution in [0.25, 0.3) is 0 Å². The molecule has 0 aliphatic carbocycles. The largest absolute Gasteiger partial charge is 0.467 e. The number of para-hydroxylation sites is 1. The van der Waals surface area contributed by atoms with Crippen LogP contribution in [-0.2, 0) is 20.7 Å². The molecule has 0 bridgehead atoms. The van der Waals surface area contributed by atoms with E-state index in [-0.39, 0.29) is 5.91 Å². The molecular weight excluding hydrogens is 266 g/mol. The van der Waals surface area contributed by atoms with Crippen LogP contribution in [0.2, 0.25) is 0 Å². The highest BCUT2D eigenvalue weighted by molar-refractivity contribution is 6.06. The molecule has 1 unspecified atom stereocenters. The first-order valence-electron chi connectivity index (χ1n) is 7.10. The van der Waals surface area contributed by atoms with Crippen molar-refractivity contribution in [2.45, 2.75) is 40.2 Å². The van der Waals surface area contributed by atoms with Crippen molar-refractivity contribution in [3.63, 3.8) is 0 Å². The van der Waals surface area contributed by atoms with E-state index in [9.17, 15) is 9.59 Å². The van der Waals surface area contributed by atoms with Crippen molar-refractivity contribution in [2.75, 3.05) is 12.0 Å². The molecule has 0 spiro atoms. The lowest BCUT2D eigenvalue weighted by atomic mass is 10.0.